The molecule has 0 heterocycles. The lowest BCUT2D eigenvalue weighted by molar-refractivity contribution is -0.0429. The maximum absolute atomic E-state index is 12.7. The molecule has 0 aliphatic rings. The van der Waals surface area contributed by atoms with Crippen LogP contribution in [0.1, 0.15) is 37.5 Å². The summed E-state index contributed by atoms with van der Waals surface area (Å²) < 4.78 is 62.5. The number of rotatable bonds is 7. The molecule has 1 atom stereocenters. The third kappa shape index (κ3) is 5.39. The number of hydrogen-bond acceptors (Lipinski definition) is 4. The van der Waals surface area contributed by atoms with Crippen molar-refractivity contribution in [3.05, 3.63) is 64.7 Å². The van der Waals surface area contributed by atoms with Crippen molar-refractivity contribution in [3.8, 4) is 0 Å². The number of nitrogens with one attached hydrogen (secondary N) is 1. The van der Waals surface area contributed by atoms with E-state index in [2.05, 4.69) is 5.16 Å². The largest absolute Gasteiger partial charge is 0.516 e. The van der Waals surface area contributed by atoms with Gasteiger partial charge in [0.1, 0.15) is 0 Å². The summed E-state index contributed by atoms with van der Waals surface area (Å²) in [6.07, 6.45) is 0.231. The summed E-state index contributed by atoms with van der Waals surface area (Å²) in [6, 6.07) is 13.0. The van der Waals surface area contributed by atoms with Crippen molar-refractivity contribution in [2.75, 3.05) is 4.72 Å². The van der Waals surface area contributed by atoms with E-state index in [0.29, 0.717) is 6.42 Å². The zero-order valence-corrected chi connectivity index (χ0v) is 16.6. The number of hydrogen-bond donors (Lipinski definition) is 1. The van der Waals surface area contributed by atoms with E-state index in [0.717, 1.165) is 11.6 Å². The predicted molar refractivity (Wildman–Crippen MR) is 103 cm³/mol. The third-order valence-electron chi connectivity index (χ3n) is 3.78. The Bertz CT molecular complexity index is 948. The molecule has 0 saturated carbocycles. The van der Waals surface area contributed by atoms with Crippen molar-refractivity contribution in [1.29, 1.82) is 0 Å². The second-order valence-corrected chi connectivity index (χ2v) is 7.94. The highest BCUT2D eigenvalue weighted by molar-refractivity contribution is 7.93. The molecule has 0 aliphatic carbocycles. The molecule has 10 heteroatoms. The quantitative estimate of drug-likeness (QED) is 0.462. The lowest BCUT2D eigenvalue weighted by Gasteiger charge is -2.16. The second kappa shape index (κ2) is 8.83. The van der Waals surface area contributed by atoms with Crippen molar-refractivity contribution in [3.63, 3.8) is 0 Å². The summed E-state index contributed by atoms with van der Waals surface area (Å²) in [5, 5.41) is 4.18. The van der Waals surface area contributed by atoms with Crippen LogP contribution in [-0.4, -0.2) is 19.6 Å². The van der Waals surface area contributed by atoms with Crippen LogP contribution in [0, 0.1) is 0 Å². The number of oxime groups is 1. The highest BCUT2D eigenvalue weighted by Crippen LogP contribution is 2.29. The van der Waals surface area contributed by atoms with Gasteiger partial charge in [-0.05, 0) is 37.1 Å². The van der Waals surface area contributed by atoms with Crippen LogP contribution in [0.2, 0.25) is 5.02 Å². The minimum absolute atomic E-state index is 0.0724. The van der Waals surface area contributed by atoms with Crippen LogP contribution >= 0.6 is 11.6 Å². The zero-order valence-electron chi connectivity index (χ0n) is 15.0. The number of nitrogens with zero attached hydrogens (tertiary/aromatic N) is 1. The summed E-state index contributed by atoms with van der Waals surface area (Å²) in [4.78, 5) is 5.53. The maximum Gasteiger partial charge on any atom is 0.516 e. The lowest BCUT2D eigenvalue weighted by atomic mass is 10.1. The fourth-order valence-electron chi connectivity index (χ4n) is 2.34. The lowest BCUT2D eigenvalue weighted by Crippen LogP contribution is -2.30. The van der Waals surface area contributed by atoms with E-state index in [1.165, 1.54) is 23.8 Å². The highest BCUT2D eigenvalue weighted by atomic mass is 35.5. The van der Waals surface area contributed by atoms with Gasteiger partial charge in [0.2, 0.25) is 0 Å². The van der Waals surface area contributed by atoms with E-state index in [-0.39, 0.29) is 28.1 Å². The average Bonchev–Trinajstić information content (AvgIpc) is 2.63. The van der Waals surface area contributed by atoms with Crippen LogP contribution in [0.5, 0.6) is 0 Å². The second-order valence-electron chi connectivity index (χ2n) is 5.83. The smallest absolute Gasteiger partial charge is 0.387 e. The normalized spacial score (nSPS) is 13.9. The Balaban J connectivity index is 2.33. The third-order valence-corrected chi connectivity index (χ3v) is 5.11. The van der Waals surface area contributed by atoms with Gasteiger partial charge >= 0.3 is 15.5 Å². The number of sulfonamides is 1. The van der Waals surface area contributed by atoms with Gasteiger partial charge in [0.25, 0.3) is 0 Å². The van der Waals surface area contributed by atoms with Gasteiger partial charge in [0.05, 0.1) is 11.4 Å². The monoisotopic (exact) mass is 434 g/mol. The van der Waals surface area contributed by atoms with Gasteiger partial charge in [-0.2, -0.15) is 21.6 Å². The fraction of sp³-hybridized carbons (Fsp3) is 0.278. The van der Waals surface area contributed by atoms with E-state index in [1.54, 1.807) is 0 Å². The number of alkyl halides is 3. The van der Waals surface area contributed by atoms with Gasteiger partial charge in [-0.3, -0.25) is 4.72 Å². The molecule has 0 saturated heterocycles. The molecule has 0 aromatic heterocycles. The molecule has 2 aromatic carbocycles. The molecule has 0 aliphatic heterocycles. The van der Waals surface area contributed by atoms with Crippen LogP contribution in [0.15, 0.2) is 53.7 Å². The van der Waals surface area contributed by atoms with Gasteiger partial charge in [-0.15, -0.1) is 0 Å². The first kappa shape index (κ1) is 22.0. The summed E-state index contributed by atoms with van der Waals surface area (Å²) >= 11 is 5.91. The molecule has 1 unspecified atom stereocenters. The Kier molecular flexibility index (Phi) is 6.95. The minimum Gasteiger partial charge on any atom is -0.387 e. The molecule has 2 aromatic rings. The molecule has 152 valence electrons. The molecule has 0 spiro atoms. The summed E-state index contributed by atoms with van der Waals surface area (Å²) in [5.41, 5.74) is -4.64. The summed E-state index contributed by atoms with van der Waals surface area (Å²) in [5.74, 6) is 0. The fourth-order valence-corrected chi connectivity index (χ4v) is 3.09. The standard InChI is InChI=1S/C18H18ClF3N2O3S/c1-3-17(13-7-5-4-6-8-13)27-23-12(2)15-11-14(19)9-10-16(15)24-28(25,26)18(20,21)22/h4-11,17,24H,3H2,1-2H3/b23-12+. The Morgan fingerprint density at radius 1 is 1.21 bits per heavy atom. The summed E-state index contributed by atoms with van der Waals surface area (Å²) in [6.45, 7) is 3.37. The van der Waals surface area contributed by atoms with Crippen LogP contribution in [-0.2, 0) is 14.9 Å². The number of halogens is 4. The molecule has 28 heavy (non-hydrogen) atoms. The zero-order chi connectivity index (χ0) is 20.9. The average molecular weight is 435 g/mol. The Morgan fingerprint density at radius 3 is 2.43 bits per heavy atom. The molecule has 0 radical (unpaired) electrons. The van der Waals surface area contributed by atoms with E-state index in [1.807, 2.05) is 37.3 Å². The van der Waals surface area contributed by atoms with Crippen LogP contribution in [0.4, 0.5) is 18.9 Å². The topological polar surface area (TPSA) is 67.8 Å². The maximum atomic E-state index is 12.7. The molecule has 5 nitrogen and oxygen atoms in total. The molecule has 2 rings (SSSR count). The molecular formula is C18H18ClF3N2O3S. The van der Waals surface area contributed by atoms with E-state index in [4.69, 9.17) is 16.4 Å². The molecule has 0 amide bonds. The highest BCUT2D eigenvalue weighted by Gasteiger charge is 2.46. The van der Waals surface area contributed by atoms with Gasteiger partial charge in [-0.1, -0.05) is 54.0 Å². The van der Waals surface area contributed by atoms with Crippen LogP contribution in [0.3, 0.4) is 0 Å². The molecular weight excluding hydrogens is 417 g/mol. The molecule has 0 fully saturated rings. The Morgan fingerprint density at radius 2 is 1.86 bits per heavy atom. The Labute approximate surface area is 166 Å². The first-order valence-electron chi connectivity index (χ1n) is 8.19. The molecule has 1 N–H and O–H groups in total. The molecule has 0 bridgehead atoms. The van der Waals surface area contributed by atoms with Gasteiger partial charge in [0.15, 0.2) is 6.10 Å². The van der Waals surface area contributed by atoms with Crippen LogP contribution in [0.25, 0.3) is 0 Å². The minimum atomic E-state index is -5.59. The predicted octanol–water partition coefficient (Wildman–Crippen LogP) is 5.49. The van der Waals surface area contributed by atoms with Crippen molar-refractivity contribution in [2.24, 2.45) is 5.16 Å². The SMILES string of the molecule is CCC(O/N=C(\C)c1cc(Cl)ccc1NS(=O)(=O)C(F)(F)F)c1ccccc1. The van der Waals surface area contributed by atoms with Gasteiger partial charge in [0, 0.05) is 10.6 Å². The van der Waals surface area contributed by atoms with E-state index >= 15 is 0 Å². The first-order chi connectivity index (χ1) is 13.0. The Hall–Kier alpha value is -2.26. The summed E-state index contributed by atoms with van der Waals surface area (Å²) in [7, 11) is -5.59. The van der Waals surface area contributed by atoms with Crippen molar-refractivity contribution >= 4 is 33.0 Å². The van der Waals surface area contributed by atoms with Gasteiger partial charge < -0.3 is 4.84 Å². The van der Waals surface area contributed by atoms with Crippen molar-refractivity contribution < 1.29 is 26.4 Å². The van der Waals surface area contributed by atoms with E-state index in [9.17, 15) is 21.6 Å². The van der Waals surface area contributed by atoms with E-state index < -0.39 is 15.5 Å². The van der Waals surface area contributed by atoms with Crippen molar-refractivity contribution in [1.82, 2.24) is 0 Å². The van der Waals surface area contributed by atoms with Crippen molar-refractivity contribution in [2.45, 2.75) is 31.9 Å². The van der Waals surface area contributed by atoms with Gasteiger partial charge in [-0.25, -0.2) is 0 Å². The van der Waals surface area contributed by atoms with Crippen LogP contribution < -0.4 is 4.72 Å². The number of benzene rings is 2. The first-order valence-corrected chi connectivity index (χ1v) is 10.1. The number of anilines is 1.